The normalized spacial score (nSPS) is 10.6. The number of anilines is 1. The topological polar surface area (TPSA) is 15.3 Å². The summed E-state index contributed by atoms with van der Waals surface area (Å²) in [6.45, 7) is 3.94. The minimum Gasteiger partial charge on any atom is -0.370 e. The molecule has 0 bridgehead atoms. The molecule has 0 saturated heterocycles. The number of halogens is 1. The first-order valence-electron chi connectivity index (χ1n) is 6.80. The van der Waals surface area contributed by atoms with Gasteiger partial charge in [0, 0.05) is 30.8 Å². The fraction of sp³-hybridized carbons (Fsp3) is 0.294. The lowest BCUT2D eigenvalue weighted by Gasteiger charge is -2.22. The van der Waals surface area contributed by atoms with Crippen LogP contribution in [0, 0.1) is 6.92 Å². The van der Waals surface area contributed by atoms with Gasteiger partial charge in [0.1, 0.15) is 0 Å². The smallest absolute Gasteiger partial charge is 0.0426 e. The number of aryl methyl sites for hydroxylation is 1. The van der Waals surface area contributed by atoms with E-state index in [1.807, 2.05) is 19.2 Å². The molecule has 106 valence electrons. The molecule has 0 fully saturated rings. The van der Waals surface area contributed by atoms with Crippen molar-refractivity contribution in [1.29, 1.82) is 0 Å². The second-order valence-corrected chi connectivity index (χ2v) is 5.57. The molecule has 0 heterocycles. The highest BCUT2D eigenvalue weighted by atomic mass is 35.5. The van der Waals surface area contributed by atoms with Crippen molar-refractivity contribution in [3.63, 3.8) is 0 Å². The van der Waals surface area contributed by atoms with Gasteiger partial charge in [-0.05, 0) is 48.9 Å². The SMILES string of the molecule is CNCc1ccc(N(C)Cc2ccc(Cl)cc2)c(C)c1. The second kappa shape index (κ2) is 6.78. The monoisotopic (exact) mass is 288 g/mol. The molecule has 0 unspecified atom stereocenters. The average Bonchev–Trinajstić information content (AvgIpc) is 2.42. The van der Waals surface area contributed by atoms with Gasteiger partial charge in [0.2, 0.25) is 0 Å². The highest BCUT2D eigenvalue weighted by Crippen LogP contribution is 2.22. The molecule has 0 spiro atoms. The second-order valence-electron chi connectivity index (χ2n) is 5.13. The van der Waals surface area contributed by atoms with Crippen LogP contribution in [0.25, 0.3) is 0 Å². The molecule has 2 rings (SSSR count). The van der Waals surface area contributed by atoms with Crippen molar-refractivity contribution >= 4 is 17.3 Å². The Hall–Kier alpha value is -1.51. The van der Waals surface area contributed by atoms with Crippen LogP contribution in [0.15, 0.2) is 42.5 Å². The predicted molar refractivity (Wildman–Crippen MR) is 87.5 cm³/mol. The van der Waals surface area contributed by atoms with Crippen molar-refractivity contribution in [3.8, 4) is 0 Å². The molecule has 2 nitrogen and oxygen atoms in total. The summed E-state index contributed by atoms with van der Waals surface area (Å²) in [5, 5.41) is 3.96. The maximum Gasteiger partial charge on any atom is 0.0426 e. The van der Waals surface area contributed by atoms with Crippen LogP contribution in [0.2, 0.25) is 5.02 Å². The first kappa shape index (κ1) is 14.9. The van der Waals surface area contributed by atoms with Gasteiger partial charge in [0.15, 0.2) is 0 Å². The largest absolute Gasteiger partial charge is 0.370 e. The summed E-state index contributed by atoms with van der Waals surface area (Å²) in [5.74, 6) is 0. The summed E-state index contributed by atoms with van der Waals surface area (Å²) in [6, 6.07) is 14.6. The molecule has 0 aromatic heterocycles. The van der Waals surface area contributed by atoms with Gasteiger partial charge in [0.25, 0.3) is 0 Å². The molecule has 1 N–H and O–H groups in total. The molecule has 0 atom stereocenters. The van der Waals surface area contributed by atoms with Gasteiger partial charge in [-0.25, -0.2) is 0 Å². The Bertz CT molecular complexity index is 564. The van der Waals surface area contributed by atoms with Gasteiger partial charge in [-0.3, -0.25) is 0 Å². The lowest BCUT2D eigenvalue weighted by Crippen LogP contribution is -2.17. The third kappa shape index (κ3) is 3.75. The summed E-state index contributed by atoms with van der Waals surface area (Å²) >= 11 is 5.92. The van der Waals surface area contributed by atoms with E-state index in [4.69, 9.17) is 11.6 Å². The van der Waals surface area contributed by atoms with Crippen molar-refractivity contribution in [2.45, 2.75) is 20.0 Å². The summed E-state index contributed by atoms with van der Waals surface area (Å²) < 4.78 is 0. The molecular formula is C17H21ClN2. The number of nitrogens with zero attached hydrogens (tertiary/aromatic N) is 1. The third-order valence-corrected chi connectivity index (χ3v) is 3.64. The minimum atomic E-state index is 0.781. The van der Waals surface area contributed by atoms with Crippen molar-refractivity contribution in [3.05, 3.63) is 64.2 Å². The number of nitrogens with one attached hydrogen (secondary N) is 1. The number of hydrogen-bond acceptors (Lipinski definition) is 2. The molecule has 2 aromatic rings. The van der Waals surface area contributed by atoms with Crippen LogP contribution in [0.5, 0.6) is 0 Å². The fourth-order valence-corrected chi connectivity index (χ4v) is 2.53. The minimum absolute atomic E-state index is 0.781. The van der Waals surface area contributed by atoms with Gasteiger partial charge >= 0.3 is 0 Å². The van der Waals surface area contributed by atoms with Crippen LogP contribution >= 0.6 is 11.6 Å². The molecule has 2 aromatic carbocycles. The zero-order valence-electron chi connectivity index (χ0n) is 12.3. The van der Waals surface area contributed by atoms with E-state index < -0.39 is 0 Å². The van der Waals surface area contributed by atoms with E-state index in [2.05, 4.69) is 54.5 Å². The zero-order valence-corrected chi connectivity index (χ0v) is 13.0. The van der Waals surface area contributed by atoms with Crippen molar-refractivity contribution < 1.29 is 0 Å². The van der Waals surface area contributed by atoms with Crippen LogP contribution in [0.3, 0.4) is 0 Å². The lowest BCUT2D eigenvalue weighted by molar-refractivity contribution is 0.815. The first-order chi connectivity index (χ1) is 9.60. The average molecular weight is 289 g/mol. The molecule has 0 radical (unpaired) electrons. The quantitative estimate of drug-likeness (QED) is 0.894. The van der Waals surface area contributed by atoms with Crippen molar-refractivity contribution in [2.75, 3.05) is 19.0 Å². The molecule has 0 saturated carbocycles. The Kier molecular flexibility index (Phi) is 5.05. The van der Waals surface area contributed by atoms with E-state index in [-0.39, 0.29) is 0 Å². The number of rotatable bonds is 5. The number of benzene rings is 2. The molecule has 3 heteroatoms. The number of hydrogen-bond donors (Lipinski definition) is 1. The van der Waals surface area contributed by atoms with Crippen LogP contribution in [-0.2, 0) is 13.1 Å². The summed E-state index contributed by atoms with van der Waals surface area (Å²) in [4.78, 5) is 2.27. The molecule has 0 aliphatic carbocycles. The molecule has 0 aliphatic rings. The van der Waals surface area contributed by atoms with Gasteiger partial charge in [-0.1, -0.05) is 35.9 Å². The van der Waals surface area contributed by atoms with Crippen LogP contribution < -0.4 is 10.2 Å². The summed E-state index contributed by atoms with van der Waals surface area (Å²) in [6.07, 6.45) is 0. The van der Waals surface area contributed by atoms with Crippen LogP contribution in [0.1, 0.15) is 16.7 Å². The zero-order chi connectivity index (χ0) is 14.5. The summed E-state index contributed by atoms with van der Waals surface area (Å²) in [7, 11) is 4.09. The van der Waals surface area contributed by atoms with E-state index in [1.165, 1.54) is 22.4 Å². The molecule has 0 aliphatic heterocycles. The first-order valence-corrected chi connectivity index (χ1v) is 7.17. The van der Waals surface area contributed by atoms with E-state index in [0.717, 1.165) is 18.1 Å². The van der Waals surface area contributed by atoms with E-state index in [1.54, 1.807) is 0 Å². The maximum absolute atomic E-state index is 5.92. The van der Waals surface area contributed by atoms with Gasteiger partial charge in [-0.2, -0.15) is 0 Å². The van der Waals surface area contributed by atoms with E-state index >= 15 is 0 Å². The van der Waals surface area contributed by atoms with Gasteiger partial charge in [-0.15, -0.1) is 0 Å². The Morgan fingerprint density at radius 2 is 1.70 bits per heavy atom. The van der Waals surface area contributed by atoms with E-state index in [0.29, 0.717) is 0 Å². The highest BCUT2D eigenvalue weighted by Gasteiger charge is 2.06. The van der Waals surface area contributed by atoms with Crippen LogP contribution in [0.4, 0.5) is 5.69 Å². The lowest BCUT2D eigenvalue weighted by atomic mass is 10.1. The summed E-state index contributed by atoms with van der Waals surface area (Å²) in [5.41, 5.74) is 5.14. The van der Waals surface area contributed by atoms with Gasteiger partial charge in [0.05, 0.1) is 0 Å². The van der Waals surface area contributed by atoms with Crippen LogP contribution in [-0.4, -0.2) is 14.1 Å². The fourth-order valence-electron chi connectivity index (χ4n) is 2.41. The Morgan fingerprint density at radius 3 is 2.30 bits per heavy atom. The van der Waals surface area contributed by atoms with Crippen molar-refractivity contribution in [1.82, 2.24) is 5.32 Å². The van der Waals surface area contributed by atoms with E-state index in [9.17, 15) is 0 Å². The highest BCUT2D eigenvalue weighted by molar-refractivity contribution is 6.30. The Morgan fingerprint density at radius 1 is 1.05 bits per heavy atom. The maximum atomic E-state index is 5.92. The van der Waals surface area contributed by atoms with Gasteiger partial charge < -0.3 is 10.2 Å². The standard InChI is InChI=1S/C17H21ClN2/c1-13-10-15(11-19-2)6-9-17(13)20(3)12-14-4-7-16(18)8-5-14/h4-10,19H,11-12H2,1-3H3. The third-order valence-electron chi connectivity index (χ3n) is 3.39. The Balaban J connectivity index is 2.12. The molecular weight excluding hydrogens is 268 g/mol. The molecule has 0 amide bonds. The van der Waals surface area contributed by atoms with Crippen molar-refractivity contribution in [2.24, 2.45) is 0 Å². The predicted octanol–water partition coefficient (Wildman–Crippen LogP) is 4.00. The Labute approximate surface area is 126 Å². The molecule has 20 heavy (non-hydrogen) atoms.